The van der Waals surface area contributed by atoms with Gasteiger partial charge in [-0.05, 0) is 37.0 Å². The third-order valence-electron chi connectivity index (χ3n) is 3.18. The third kappa shape index (κ3) is 5.12. The molecule has 0 heterocycles. The molecule has 0 saturated carbocycles. The highest BCUT2D eigenvalue weighted by Gasteiger charge is 2.14. The largest absolute Gasteiger partial charge is 0.481 e. The molecule has 2 N–H and O–H groups in total. The number of hydrogen-bond acceptors (Lipinski definition) is 2. The van der Waals surface area contributed by atoms with E-state index < -0.39 is 5.97 Å². The molecule has 1 rings (SSSR count). The van der Waals surface area contributed by atoms with Crippen LogP contribution in [0.5, 0.6) is 0 Å². The number of carbonyl (C=O) groups is 2. The molecule has 0 fully saturated rings. The van der Waals surface area contributed by atoms with Crippen LogP contribution in [0.4, 0.5) is 5.69 Å². The van der Waals surface area contributed by atoms with Gasteiger partial charge in [0.2, 0.25) is 5.91 Å². The number of carboxylic acid groups (broad SMARTS) is 1. The number of carboxylic acids is 1. The number of nitrogens with one attached hydrogen (secondary N) is 1. The molecule has 1 aromatic rings. The van der Waals surface area contributed by atoms with Crippen LogP contribution in [0.25, 0.3) is 0 Å². The van der Waals surface area contributed by atoms with Crippen LogP contribution in [-0.4, -0.2) is 17.0 Å². The van der Waals surface area contributed by atoms with E-state index >= 15 is 0 Å². The summed E-state index contributed by atoms with van der Waals surface area (Å²) in [7, 11) is 0. The molecule has 1 aromatic carbocycles. The predicted molar refractivity (Wildman–Crippen MR) is 75.1 cm³/mol. The lowest BCUT2D eigenvalue weighted by molar-refractivity contribution is -0.137. The van der Waals surface area contributed by atoms with E-state index in [4.69, 9.17) is 5.11 Å². The summed E-state index contributed by atoms with van der Waals surface area (Å²) in [6, 6.07) is 7.36. The van der Waals surface area contributed by atoms with Crippen LogP contribution >= 0.6 is 0 Å². The Bertz CT molecular complexity index is 439. The van der Waals surface area contributed by atoms with Gasteiger partial charge >= 0.3 is 5.97 Å². The monoisotopic (exact) mass is 263 g/mol. The van der Waals surface area contributed by atoms with Crippen LogP contribution in [0.3, 0.4) is 0 Å². The highest BCUT2D eigenvalue weighted by atomic mass is 16.4. The minimum absolute atomic E-state index is 0.0281. The molecule has 0 aliphatic heterocycles. The summed E-state index contributed by atoms with van der Waals surface area (Å²) >= 11 is 0. The molecule has 19 heavy (non-hydrogen) atoms. The molecule has 0 atom stereocenters. The lowest BCUT2D eigenvalue weighted by Gasteiger charge is -2.13. The summed E-state index contributed by atoms with van der Waals surface area (Å²) in [5.74, 6) is -0.755. The van der Waals surface area contributed by atoms with E-state index in [1.807, 2.05) is 38.1 Å². The highest BCUT2D eigenvalue weighted by molar-refractivity contribution is 5.92. The number of aryl methyl sites for hydroxylation is 1. The standard InChI is InChI=1S/C15H21NO3/c1-3-12(4-2)15(19)16-13-7-5-6-11(10-13)8-9-14(17)18/h5-7,10,12H,3-4,8-9H2,1-2H3,(H,16,19)(H,17,18). The highest BCUT2D eigenvalue weighted by Crippen LogP contribution is 2.15. The minimum Gasteiger partial charge on any atom is -0.481 e. The maximum atomic E-state index is 11.9. The van der Waals surface area contributed by atoms with Crippen LogP contribution in [0.1, 0.15) is 38.7 Å². The van der Waals surface area contributed by atoms with Gasteiger partial charge in [0, 0.05) is 18.0 Å². The lowest BCUT2D eigenvalue weighted by Crippen LogP contribution is -2.21. The number of benzene rings is 1. The van der Waals surface area contributed by atoms with Gasteiger partial charge < -0.3 is 10.4 Å². The van der Waals surface area contributed by atoms with E-state index in [1.54, 1.807) is 0 Å². The predicted octanol–water partition coefficient (Wildman–Crippen LogP) is 3.08. The molecule has 0 unspecified atom stereocenters. The van der Waals surface area contributed by atoms with E-state index in [-0.39, 0.29) is 18.2 Å². The normalized spacial score (nSPS) is 10.5. The lowest BCUT2D eigenvalue weighted by atomic mass is 10.0. The number of rotatable bonds is 7. The summed E-state index contributed by atoms with van der Waals surface area (Å²) in [5, 5.41) is 11.5. The van der Waals surface area contributed by atoms with Crippen LogP contribution in [0.2, 0.25) is 0 Å². The first kappa shape index (κ1) is 15.2. The summed E-state index contributed by atoms with van der Waals surface area (Å²) in [5.41, 5.74) is 1.66. The Kier molecular flexibility index (Phi) is 6.06. The Hall–Kier alpha value is -1.84. The zero-order valence-corrected chi connectivity index (χ0v) is 11.5. The summed E-state index contributed by atoms with van der Waals surface area (Å²) in [6.07, 6.45) is 2.22. The van der Waals surface area contributed by atoms with E-state index in [2.05, 4.69) is 5.32 Å². The van der Waals surface area contributed by atoms with Crippen molar-refractivity contribution in [2.45, 2.75) is 39.5 Å². The first-order chi connectivity index (χ1) is 9.06. The molecular formula is C15H21NO3. The zero-order valence-electron chi connectivity index (χ0n) is 11.5. The summed E-state index contributed by atoms with van der Waals surface area (Å²) < 4.78 is 0. The second-order valence-corrected chi connectivity index (χ2v) is 4.60. The van der Waals surface area contributed by atoms with Crippen molar-refractivity contribution < 1.29 is 14.7 Å². The van der Waals surface area contributed by atoms with Gasteiger partial charge in [0.1, 0.15) is 0 Å². The van der Waals surface area contributed by atoms with Gasteiger partial charge in [-0.25, -0.2) is 0 Å². The molecule has 4 heteroatoms. The quantitative estimate of drug-likeness (QED) is 0.794. The second-order valence-electron chi connectivity index (χ2n) is 4.60. The van der Waals surface area contributed by atoms with E-state index in [1.165, 1.54) is 0 Å². The maximum absolute atomic E-state index is 11.9. The van der Waals surface area contributed by atoms with Gasteiger partial charge in [-0.3, -0.25) is 9.59 Å². The van der Waals surface area contributed by atoms with Gasteiger partial charge in [-0.2, -0.15) is 0 Å². The number of anilines is 1. The fourth-order valence-corrected chi connectivity index (χ4v) is 1.96. The minimum atomic E-state index is -0.813. The molecule has 0 spiro atoms. The molecule has 4 nitrogen and oxygen atoms in total. The smallest absolute Gasteiger partial charge is 0.303 e. The molecule has 0 aliphatic rings. The Labute approximate surface area is 113 Å². The van der Waals surface area contributed by atoms with Gasteiger partial charge in [0.15, 0.2) is 0 Å². The van der Waals surface area contributed by atoms with Crippen molar-refractivity contribution in [3.05, 3.63) is 29.8 Å². The van der Waals surface area contributed by atoms with Crippen molar-refractivity contribution in [1.29, 1.82) is 0 Å². The van der Waals surface area contributed by atoms with Crippen molar-refractivity contribution in [3.63, 3.8) is 0 Å². The summed E-state index contributed by atoms with van der Waals surface area (Å²) in [4.78, 5) is 22.5. The average molecular weight is 263 g/mol. The van der Waals surface area contributed by atoms with Crippen molar-refractivity contribution in [2.24, 2.45) is 5.92 Å². The average Bonchev–Trinajstić information content (AvgIpc) is 2.38. The van der Waals surface area contributed by atoms with Gasteiger partial charge in [-0.15, -0.1) is 0 Å². The Morgan fingerprint density at radius 1 is 1.26 bits per heavy atom. The van der Waals surface area contributed by atoms with Crippen molar-refractivity contribution in [2.75, 3.05) is 5.32 Å². The Morgan fingerprint density at radius 3 is 2.53 bits per heavy atom. The zero-order chi connectivity index (χ0) is 14.3. The van der Waals surface area contributed by atoms with Crippen molar-refractivity contribution >= 4 is 17.6 Å². The fraction of sp³-hybridized carbons (Fsp3) is 0.467. The van der Waals surface area contributed by atoms with Crippen LogP contribution in [0, 0.1) is 5.92 Å². The molecule has 0 aromatic heterocycles. The van der Waals surface area contributed by atoms with Gasteiger partial charge in [-0.1, -0.05) is 26.0 Å². The molecule has 1 amide bonds. The maximum Gasteiger partial charge on any atom is 0.303 e. The molecule has 0 radical (unpaired) electrons. The first-order valence-corrected chi connectivity index (χ1v) is 6.68. The fourth-order valence-electron chi connectivity index (χ4n) is 1.96. The van der Waals surface area contributed by atoms with Gasteiger partial charge in [0.05, 0.1) is 0 Å². The van der Waals surface area contributed by atoms with Crippen molar-refractivity contribution in [1.82, 2.24) is 0 Å². The molecule has 0 aliphatic carbocycles. The second kappa shape index (κ2) is 7.56. The van der Waals surface area contributed by atoms with E-state index in [0.29, 0.717) is 6.42 Å². The van der Waals surface area contributed by atoms with E-state index in [0.717, 1.165) is 24.1 Å². The number of carbonyl (C=O) groups excluding carboxylic acids is 1. The SMILES string of the molecule is CCC(CC)C(=O)Nc1cccc(CCC(=O)O)c1. The molecular weight excluding hydrogens is 242 g/mol. The topological polar surface area (TPSA) is 66.4 Å². The van der Waals surface area contributed by atoms with E-state index in [9.17, 15) is 9.59 Å². The Morgan fingerprint density at radius 2 is 1.95 bits per heavy atom. The molecule has 104 valence electrons. The summed E-state index contributed by atoms with van der Waals surface area (Å²) in [6.45, 7) is 3.99. The van der Waals surface area contributed by atoms with Gasteiger partial charge in [0.25, 0.3) is 0 Å². The third-order valence-corrected chi connectivity index (χ3v) is 3.18. The Balaban J connectivity index is 2.66. The van der Waals surface area contributed by atoms with Crippen LogP contribution in [0.15, 0.2) is 24.3 Å². The first-order valence-electron chi connectivity index (χ1n) is 6.68. The molecule has 0 bridgehead atoms. The molecule has 0 saturated heterocycles. The number of aliphatic carboxylic acids is 1. The van der Waals surface area contributed by atoms with Crippen LogP contribution in [-0.2, 0) is 16.0 Å². The van der Waals surface area contributed by atoms with Crippen LogP contribution < -0.4 is 5.32 Å². The number of amides is 1. The number of hydrogen-bond donors (Lipinski definition) is 2. The van der Waals surface area contributed by atoms with Crippen molar-refractivity contribution in [3.8, 4) is 0 Å².